The lowest BCUT2D eigenvalue weighted by Crippen LogP contribution is -2.36. The number of methoxy groups -OCH3 is 1. The van der Waals surface area contributed by atoms with Gasteiger partial charge in [0, 0.05) is 25.2 Å². The second-order valence-electron chi connectivity index (χ2n) is 7.42. The van der Waals surface area contributed by atoms with Crippen molar-refractivity contribution in [1.82, 2.24) is 9.62 Å². The van der Waals surface area contributed by atoms with Gasteiger partial charge in [-0.1, -0.05) is 49.6 Å². The highest BCUT2D eigenvalue weighted by Gasteiger charge is 2.27. The first-order valence-corrected chi connectivity index (χ1v) is 11.3. The van der Waals surface area contributed by atoms with Crippen molar-refractivity contribution in [3.63, 3.8) is 0 Å². The maximum Gasteiger partial charge on any atom is 0.251 e. The van der Waals surface area contributed by atoms with Crippen LogP contribution in [0.1, 0.15) is 48.0 Å². The number of benzene rings is 2. The third-order valence-corrected chi connectivity index (χ3v) is 7.13. The number of amides is 1. The fourth-order valence-electron chi connectivity index (χ4n) is 3.63. The molecular weight excluding hydrogens is 388 g/mol. The molecule has 0 aliphatic heterocycles. The molecule has 0 spiro atoms. The average molecular weight is 417 g/mol. The van der Waals surface area contributed by atoms with E-state index in [9.17, 15) is 13.2 Å². The smallest absolute Gasteiger partial charge is 0.251 e. The summed E-state index contributed by atoms with van der Waals surface area (Å²) in [5.41, 5.74) is 1.20. The molecule has 1 N–H and O–H groups in total. The van der Waals surface area contributed by atoms with Gasteiger partial charge in [-0.05, 0) is 36.6 Å². The molecule has 1 fully saturated rings. The highest BCUT2D eigenvalue weighted by atomic mass is 32.2. The first-order chi connectivity index (χ1) is 13.9. The van der Waals surface area contributed by atoms with Crippen molar-refractivity contribution < 1.29 is 17.9 Å². The Bertz CT molecular complexity index is 939. The van der Waals surface area contributed by atoms with Crippen LogP contribution in [0.15, 0.2) is 53.4 Å². The minimum atomic E-state index is -3.84. The lowest BCUT2D eigenvalue weighted by molar-refractivity contribution is 0.0927. The maximum absolute atomic E-state index is 13.2. The molecule has 0 unspecified atom stereocenters. The molecule has 0 aromatic heterocycles. The number of rotatable bonds is 7. The largest absolute Gasteiger partial charge is 0.495 e. The van der Waals surface area contributed by atoms with Gasteiger partial charge < -0.3 is 10.1 Å². The van der Waals surface area contributed by atoms with Crippen molar-refractivity contribution >= 4 is 15.9 Å². The van der Waals surface area contributed by atoms with Crippen molar-refractivity contribution in [3.8, 4) is 5.75 Å². The summed E-state index contributed by atoms with van der Waals surface area (Å²) in [6, 6.07) is 14.1. The number of hydrogen-bond acceptors (Lipinski definition) is 4. The van der Waals surface area contributed by atoms with E-state index < -0.39 is 10.0 Å². The Morgan fingerprint density at radius 1 is 1.10 bits per heavy atom. The standard InChI is InChI=1S/C22H28N2O4S/c1-24(16-17-9-5-3-6-10-17)29(26,27)21-15-18(13-14-20(21)28-2)22(25)23-19-11-7-4-8-12-19/h3,5-6,9-10,13-15,19H,4,7-8,11-12,16H2,1-2H3,(H,23,25). The number of carbonyl (C=O) groups excluding carboxylic acids is 1. The van der Waals surface area contributed by atoms with Crippen LogP contribution in [0.25, 0.3) is 0 Å². The zero-order valence-corrected chi connectivity index (χ0v) is 17.7. The molecule has 0 radical (unpaired) electrons. The predicted molar refractivity (Wildman–Crippen MR) is 112 cm³/mol. The van der Waals surface area contributed by atoms with Crippen molar-refractivity contribution in [1.29, 1.82) is 0 Å². The van der Waals surface area contributed by atoms with E-state index in [0.717, 1.165) is 31.2 Å². The van der Waals surface area contributed by atoms with E-state index in [2.05, 4.69) is 5.32 Å². The van der Waals surface area contributed by atoms with E-state index in [1.807, 2.05) is 30.3 Å². The average Bonchev–Trinajstić information content (AvgIpc) is 2.74. The monoisotopic (exact) mass is 416 g/mol. The second kappa shape index (κ2) is 9.41. The number of hydrogen-bond donors (Lipinski definition) is 1. The van der Waals surface area contributed by atoms with Crippen molar-refractivity contribution in [2.24, 2.45) is 0 Å². The third-order valence-electron chi connectivity index (χ3n) is 5.30. The Morgan fingerprint density at radius 2 is 1.79 bits per heavy atom. The Hall–Kier alpha value is -2.38. The van der Waals surface area contributed by atoms with E-state index in [4.69, 9.17) is 4.74 Å². The van der Waals surface area contributed by atoms with Gasteiger partial charge in [-0.2, -0.15) is 4.31 Å². The first-order valence-electron chi connectivity index (χ1n) is 9.91. The molecule has 0 bridgehead atoms. The highest BCUT2D eigenvalue weighted by molar-refractivity contribution is 7.89. The molecule has 29 heavy (non-hydrogen) atoms. The van der Waals surface area contributed by atoms with E-state index in [1.165, 1.54) is 30.9 Å². The Labute approximate surface area is 172 Å². The number of ether oxygens (including phenoxy) is 1. The highest BCUT2D eigenvalue weighted by Crippen LogP contribution is 2.28. The SMILES string of the molecule is COc1ccc(C(=O)NC2CCCCC2)cc1S(=O)(=O)N(C)Cc1ccccc1. The first kappa shape index (κ1) is 21.3. The van der Waals surface area contributed by atoms with Gasteiger partial charge in [-0.15, -0.1) is 0 Å². The van der Waals surface area contributed by atoms with Gasteiger partial charge in [0.05, 0.1) is 7.11 Å². The van der Waals surface area contributed by atoms with Crippen LogP contribution >= 0.6 is 0 Å². The zero-order chi connectivity index (χ0) is 20.9. The molecule has 7 heteroatoms. The molecule has 1 saturated carbocycles. The molecule has 2 aromatic rings. The van der Waals surface area contributed by atoms with E-state index in [0.29, 0.717) is 5.56 Å². The van der Waals surface area contributed by atoms with Crippen molar-refractivity contribution in [2.75, 3.05) is 14.2 Å². The second-order valence-corrected chi connectivity index (χ2v) is 9.43. The van der Waals surface area contributed by atoms with Gasteiger partial charge in [0.1, 0.15) is 10.6 Å². The summed E-state index contributed by atoms with van der Waals surface area (Å²) < 4.78 is 32.9. The molecule has 1 aliphatic carbocycles. The molecule has 1 aliphatic rings. The summed E-state index contributed by atoms with van der Waals surface area (Å²) in [6.45, 7) is 0.227. The predicted octanol–water partition coefficient (Wildman–Crippen LogP) is 3.58. The molecule has 1 amide bonds. The topological polar surface area (TPSA) is 75.7 Å². The number of nitrogens with one attached hydrogen (secondary N) is 1. The summed E-state index contributed by atoms with van der Waals surface area (Å²) in [6.07, 6.45) is 5.35. The van der Waals surface area contributed by atoms with E-state index in [-0.39, 0.29) is 29.1 Å². The summed E-state index contributed by atoms with van der Waals surface area (Å²) >= 11 is 0. The molecule has 0 heterocycles. The number of nitrogens with zero attached hydrogens (tertiary/aromatic N) is 1. The molecular formula is C22H28N2O4S. The molecule has 0 saturated heterocycles. The molecule has 2 aromatic carbocycles. The lowest BCUT2D eigenvalue weighted by atomic mass is 9.95. The van der Waals surface area contributed by atoms with Crippen molar-refractivity contribution in [3.05, 3.63) is 59.7 Å². The quantitative estimate of drug-likeness (QED) is 0.749. The maximum atomic E-state index is 13.2. The van der Waals surface area contributed by atoms with Gasteiger partial charge in [0.15, 0.2) is 0 Å². The van der Waals surface area contributed by atoms with Crippen LogP contribution in [0.3, 0.4) is 0 Å². The fourth-order valence-corrected chi connectivity index (χ4v) is 4.96. The Kier molecular flexibility index (Phi) is 6.92. The fraction of sp³-hybridized carbons (Fsp3) is 0.409. The minimum Gasteiger partial charge on any atom is -0.495 e. The zero-order valence-electron chi connectivity index (χ0n) is 16.9. The molecule has 6 nitrogen and oxygen atoms in total. The van der Waals surface area contributed by atoms with Crippen LogP contribution in [0, 0.1) is 0 Å². The third kappa shape index (κ3) is 5.16. The summed E-state index contributed by atoms with van der Waals surface area (Å²) in [5.74, 6) is -0.0270. The molecule has 0 atom stereocenters. The normalized spacial score (nSPS) is 15.3. The van der Waals surface area contributed by atoms with Gasteiger partial charge in [-0.25, -0.2) is 8.42 Å². The van der Waals surface area contributed by atoms with Crippen molar-refractivity contribution in [2.45, 2.75) is 49.6 Å². The Balaban J connectivity index is 1.84. The van der Waals surface area contributed by atoms with Gasteiger partial charge in [0.25, 0.3) is 5.91 Å². The van der Waals surface area contributed by atoms with Crippen LogP contribution in [0.4, 0.5) is 0 Å². The van der Waals surface area contributed by atoms with Crippen LogP contribution < -0.4 is 10.1 Å². The molecule has 3 rings (SSSR count). The molecule has 156 valence electrons. The van der Waals surface area contributed by atoms with Gasteiger partial charge in [0.2, 0.25) is 10.0 Å². The Morgan fingerprint density at radius 3 is 2.45 bits per heavy atom. The van der Waals surface area contributed by atoms with Gasteiger partial charge in [-0.3, -0.25) is 4.79 Å². The van der Waals surface area contributed by atoms with E-state index >= 15 is 0 Å². The summed E-state index contributed by atoms with van der Waals surface area (Å²) in [4.78, 5) is 12.7. The van der Waals surface area contributed by atoms with Crippen LogP contribution in [-0.2, 0) is 16.6 Å². The summed E-state index contributed by atoms with van der Waals surface area (Å²) in [5, 5.41) is 3.03. The summed E-state index contributed by atoms with van der Waals surface area (Å²) in [7, 11) is -0.892. The number of carbonyl (C=O) groups is 1. The van der Waals surface area contributed by atoms with Crippen LogP contribution in [0.2, 0.25) is 0 Å². The lowest BCUT2D eigenvalue weighted by Gasteiger charge is -2.23. The number of sulfonamides is 1. The van der Waals surface area contributed by atoms with Crippen LogP contribution in [-0.4, -0.2) is 38.8 Å². The van der Waals surface area contributed by atoms with E-state index in [1.54, 1.807) is 12.1 Å². The van der Waals surface area contributed by atoms with Gasteiger partial charge >= 0.3 is 0 Å². The minimum absolute atomic E-state index is 0.00488. The van der Waals surface area contributed by atoms with Crippen LogP contribution in [0.5, 0.6) is 5.75 Å².